The van der Waals surface area contributed by atoms with Crippen LogP contribution in [0.25, 0.3) is 0 Å². The molecule has 3 aromatic rings. The van der Waals surface area contributed by atoms with E-state index in [-0.39, 0.29) is 0 Å². The molecule has 0 aliphatic carbocycles. The highest BCUT2D eigenvalue weighted by molar-refractivity contribution is 5.09. The van der Waals surface area contributed by atoms with Crippen molar-refractivity contribution in [2.75, 3.05) is 6.54 Å². The number of aryl methyl sites for hydroxylation is 1. The van der Waals surface area contributed by atoms with Crippen LogP contribution in [0.3, 0.4) is 0 Å². The first-order valence-corrected chi connectivity index (χ1v) is 7.41. The minimum atomic E-state index is 0.713. The van der Waals surface area contributed by atoms with Crippen LogP contribution in [0.5, 0.6) is 0 Å². The fourth-order valence-corrected chi connectivity index (χ4v) is 2.91. The van der Waals surface area contributed by atoms with Gasteiger partial charge in [0.15, 0.2) is 0 Å². The van der Waals surface area contributed by atoms with Gasteiger partial charge in [0.25, 0.3) is 0 Å². The highest BCUT2D eigenvalue weighted by Crippen LogP contribution is 2.18. The van der Waals surface area contributed by atoms with Crippen LogP contribution >= 0.6 is 0 Å². The van der Waals surface area contributed by atoms with E-state index >= 15 is 0 Å². The van der Waals surface area contributed by atoms with E-state index in [1.54, 1.807) is 12.7 Å². The number of nitrogens with zero attached hydrogens (tertiary/aromatic N) is 6. The molecule has 0 amide bonds. The molecule has 0 radical (unpaired) electrons. The summed E-state index contributed by atoms with van der Waals surface area (Å²) in [5.41, 5.74) is 1.17. The average molecular weight is 298 g/mol. The summed E-state index contributed by atoms with van der Waals surface area (Å²) in [6.07, 6.45) is 5.23. The summed E-state index contributed by atoms with van der Waals surface area (Å²) in [6.45, 7) is 6.30. The lowest BCUT2D eigenvalue weighted by Gasteiger charge is -2.27. The van der Waals surface area contributed by atoms with E-state index in [0.29, 0.717) is 6.54 Å². The number of furan rings is 1. The van der Waals surface area contributed by atoms with Gasteiger partial charge in [0, 0.05) is 13.1 Å². The Kier molecular flexibility index (Phi) is 3.27. The largest absolute Gasteiger partial charge is 0.465 e. The van der Waals surface area contributed by atoms with Gasteiger partial charge in [-0.2, -0.15) is 5.10 Å². The predicted molar refractivity (Wildman–Crippen MR) is 78.9 cm³/mol. The average Bonchev–Trinajstić information content (AvgIpc) is 3.23. The molecule has 0 spiro atoms. The Morgan fingerprint density at radius 2 is 2.18 bits per heavy atom. The normalized spacial score (nSPS) is 15.1. The van der Waals surface area contributed by atoms with Crippen molar-refractivity contribution in [3.8, 4) is 0 Å². The van der Waals surface area contributed by atoms with Gasteiger partial charge < -0.3 is 8.98 Å². The van der Waals surface area contributed by atoms with Gasteiger partial charge in [-0.15, -0.1) is 0 Å². The molecule has 114 valence electrons. The quantitative estimate of drug-likeness (QED) is 0.729. The van der Waals surface area contributed by atoms with Crippen LogP contribution in [0.2, 0.25) is 0 Å². The van der Waals surface area contributed by atoms with Crippen molar-refractivity contribution < 1.29 is 4.42 Å². The van der Waals surface area contributed by atoms with Crippen LogP contribution in [-0.2, 0) is 26.2 Å². The van der Waals surface area contributed by atoms with Crippen molar-refractivity contribution in [1.82, 2.24) is 29.2 Å². The smallest absolute Gasteiger partial charge is 0.137 e. The Hall–Kier alpha value is -2.41. The molecule has 0 bridgehead atoms. The van der Waals surface area contributed by atoms with Crippen LogP contribution < -0.4 is 0 Å². The number of rotatable bonds is 4. The minimum Gasteiger partial charge on any atom is -0.465 e. The lowest BCUT2D eigenvalue weighted by atomic mass is 10.3. The molecule has 7 heteroatoms. The van der Waals surface area contributed by atoms with E-state index in [9.17, 15) is 0 Å². The molecule has 0 atom stereocenters. The summed E-state index contributed by atoms with van der Waals surface area (Å²) in [5, 5.41) is 4.15. The zero-order valence-electron chi connectivity index (χ0n) is 12.5. The summed E-state index contributed by atoms with van der Waals surface area (Å²) in [5.74, 6) is 3.08. The van der Waals surface area contributed by atoms with Gasteiger partial charge >= 0.3 is 0 Å². The fraction of sp³-hybridized carbons (Fsp3) is 0.400. The molecule has 1 aliphatic rings. The monoisotopic (exact) mass is 298 g/mol. The number of hydrogen-bond donors (Lipinski definition) is 0. The second-order valence-corrected chi connectivity index (χ2v) is 5.63. The third kappa shape index (κ3) is 2.55. The zero-order valence-corrected chi connectivity index (χ0v) is 12.5. The molecular formula is C15H18N6O. The molecule has 7 nitrogen and oxygen atoms in total. The first-order valence-electron chi connectivity index (χ1n) is 7.41. The maximum Gasteiger partial charge on any atom is 0.137 e. The highest BCUT2D eigenvalue weighted by Gasteiger charge is 2.20. The summed E-state index contributed by atoms with van der Waals surface area (Å²) < 4.78 is 9.77. The van der Waals surface area contributed by atoms with Crippen LogP contribution in [0.4, 0.5) is 0 Å². The summed E-state index contributed by atoms with van der Waals surface area (Å²) in [4.78, 5) is 10.9. The molecule has 4 rings (SSSR count). The standard InChI is InChI=1S/C15H18N6O/c1-12-2-3-14(22-12)8-19-4-5-21-13(6-17-15(21)9-19)7-20-11-16-10-18-20/h2-3,6,10-11H,4-5,7-9H2,1H3. The van der Waals surface area contributed by atoms with Gasteiger partial charge in [0.2, 0.25) is 0 Å². The van der Waals surface area contributed by atoms with Crippen molar-refractivity contribution in [2.24, 2.45) is 0 Å². The van der Waals surface area contributed by atoms with Crippen LogP contribution in [0.15, 0.2) is 35.4 Å². The van der Waals surface area contributed by atoms with Crippen LogP contribution in [0, 0.1) is 6.92 Å². The number of fused-ring (bicyclic) bond motifs is 1. The molecule has 0 unspecified atom stereocenters. The van der Waals surface area contributed by atoms with E-state index < -0.39 is 0 Å². The van der Waals surface area contributed by atoms with E-state index in [4.69, 9.17) is 4.42 Å². The number of aromatic nitrogens is 5. The summed E-state index contributed by atoms with van der Waals surface area (Å²) in [6, 6.07) is 4.06. The van der Waals surface area contributed by atoms with Gasteiger partial charge in [-0.05, 0) is 19.1 Å². The second kappa shape index (κ2) is 5.42. The van der Waals surface area contributed by atoms with E-state index in [2.05, 4.69) is 24.5 Å². The van der Waals surface area contributed by atoms with Crippen molar-refractivity contribution in [2.45, 2.75) is 33.1 Å². The Morgan fingerprint density at radius 3 is 2.95 bits per heavy atom. The van der Waals surface area contributed by atoms with E-state index in [0.717, 1.165) is 43.5 Å². The molecule has 22 heavy (non-hydrogen) atoms. The Bertz CT molecular complexity index is 757. The molecule has 0 saturated carbocycles. The maximum atomic E-state index is 5.66. The maximum absolute atomic E-state index is 5.66. The van der Waals surface area contributed by atoms with Crippen molar-refractivity contribution in [3.05, 3.63) is 54.0 Å². The van der Waals surface area contributed by atoms with Crippen molar-refractivity contribution in [1.29, 1.82) is 0 Å². The molecule has 1 aliphatic heterocycles. The van der Waals surface area contributed by atoms with Crippen molar-refractivity contribution in [3.63, 3.8) is 0 Å². The molecule has 3 aromatic heterocycles. The molecular weight excluding hydrogens is 280 g/mol. The Morgan fingerprint density at radius 1 is 1.23 bits per heavy atom. The van der Waals surface area contributed by atoms with Gasteiger partial charge in [-0.3, -0.25) is 4.90 Å². The number of imidazole rings is 1. The van der Waals surface area contributed by atoms with Gasteiger partial charge in [0.05, 0.1) is 31.5 Å². The Labute approximate surface area is 128 Å². The molecule has 0 saturated heterocycles. The van der Waals surface area contributed by atoms with Crippen molar-refractivity contribution >= 4 is 0 Å². The van der Waals surface area contributed by atoms with Gasteiger partial charge in [0.1, 0.15) is 30.0 Å². The molecule has 4 heterocycles. The first kappa shape index (κ1) is 13.3. The second-order valence-electron chi connectivity index (χ2n) is 5.63. The lowest BCUT2D eigenvalue weighted by molar-refractivity contribution is 0.191. The summed E-state index contributed by atoms with van der Waals surface area (Å²) >= 11 is 0. The first-order chi connectivity index (χ1) is 10.8. The minimum absolute atomic E-state index is 0.713. The van der Waals surface area contributed by atoms with E-state index in [1.165, 1.54) is 5.69 Å². The summed E-state index contributed by atoms with van der Waals surface area (Å²) in [7, 11) is 0. The predicted octanol–water partition coefficient (Wildman–Crippen LogP) is 1.44. The highest BCUT2D eigenvalue weighted by atomic mass is 16.3. The molecule has 0 fully saturated rings. The third-order valence-corrected chi connectivity index (χ3v) is 3.99. The third-order valence-electron chi connectivity index (χ3n) is 3.99. The van der Waals surface area contributed by atoms with Crippen LogP contribution in [-0.4, -0.2) is 35.8 Å². The van der Waals surface area contributed by atoms with Crippen LogP contribution in [0.1, 0.15) is 23.0 Å². The van der Waals surface area contributed by atoms with E-state index in [1.807, 2.05) is 29.9 Å². The lowest BCUT2D eigenvalue weighted by Crippen LogP contribution is -2.34. The topological polar surface area (TPSA) is 64.9 Å². The fourth-order valence-electron chi connectivity index (χ4n) is 2.91. The SMILES string of the molecule is Cc1ccc(CN2CCn3c(Cn4cncn4)cnc3C2)o1. The zero-order chi connectivity index (χ0) is 14.9. The van der Waals surface area contributed by atoms with Gasteiger partial charge in [-0.25, -0.2) is 14.6 Å². The Balaban J connectivity index is 1.46. The molecule has 0 aromatic carbocycles. The van der Waals surface area contributed by atoms with Gasteiger partial charge in [-0.1, -0.05) is 0 Å². The molecule has 0 N–H and O–H groups in total. The number of hydrogen-bond acceptors (Lipinski definition) is 5.